The standard InChI is InChI=1S/C19H14Cl2N4OS/c1-10-7-12(11(2)25(10)13-3-4-15(20)16(21)9-13)8-14-17(22)24-5-6-27-19(24)23-18(14)26/h3-9,22H,1-2H3/b14-8-,22-17?. The molecule has 0 radical (unpaired) electrons. The molecular weight excluding hydrogens is 403 g/mol. The van der Waals surface area contributed by atoms with Crippen LogP contribution >= 0.6 is 35.0 Å². The number of aryl methyl sites for hydroxylation is 1. The third kappa shape index (κ3) is 3.04. The number of nitrogens with zero attached hydrogens (tertiary/aromatic N) is 3. The Hall–Kier alpha value is -2.28. The molecule has 0 atom stereocenters. The van der Waals surface area contributed by atoms with Gasteiger partial charge in [0.25, 0.3) is 5.91 Å². The number of hydrogen-bond acceptors (Lipinski definition) is 3. The van der Waals surface area contributed by atoms with Gasteiger partial charge in [0.1, 0.15) is 5.84 Å². The third-order valence-electron chi connectivity index (χ3n) is 4.44. The van der Waals surface area contributed by atoms with Crippen LogP contribution in [0, 0.1) is 19.3 Å². The van der Waals surface area contributed by atoms with E-state index in [0.29, 0.717) is 15.2 Å². The second-order valence-corrected chi connectivity index (χ2v) is 7.83. The summed E-state index contributed by atoms with van der Waals surface area (Å²) in [6.45, 7) is 3.93. The van der Waals surface area contributed by atoms with E-state index in [1.54, 1.807) is 34.7 Å². The monoisotopic (exact) mass is 416 g/mol. The van der Waals surface area contributed by atoms with Crippen LogP contribution in [0.25, 0.3) is 11.8 Å². The molecule has 0 saturated carbocycles. The summed E-state index contributed by atoms with van der Waals surface area (Å²) in [5.74, 6) is -0.271. The summed E-state index contributed by atoms with van der Waals surface area (Å²) in [6, 6.07) is 7.42. The fourth-order valence-corrected chi connectivity index (χ4v) is 4.14. The van der Waals surface area contributed by atoms with Crippen LogP contribution in [0.1, 0.15) is 17.0 Å². The van der Waals surface area contributed by atoms with Gasteiger partial charge >= 0.3 is 0 Å². The van der Waals surface area contributed by atoms with Gasteiger partial charge in [-0.25, -0.2) is 0 Å². The van der Waals surface area contributed by atoms with Crippen molar-refractivity contribution in [1.82, 2.24) is 9.47 Å². The number of rotatable bonds is 2. The van der Waals surface area contributed by atoms with Crippen LogP contribution in [-0.4, -0.2) is 26.4 Å². The van der Waals surface area contributed by atoms with Gasteiger partial charge in [-0.1, -0.05) is 35.0 Å². The topological polar surface area (TPSA) is 61.5 Å². The van der Waals surface area contributed by atoms with Crippen molar-refractivity contribution in [3.8, 4) is 5.69 Å². The van der Waals surface area contributed by atoms with Gasteiger partial charge in [0.2, 0.25) is 0 Å². The molecule has 0 aliphatic carbocycles. The molecule has 2 aliphatic heterocycles. The molecule has 5 nitrogen and oxygen atoms in total. The van der Waals surface area contributed by atoms with Crippen molar-refractivity contribution in [3.63, 3.8) is 0 Å². The Balaban J connectivity index is 1.79. The lowest BCUT2D eigenvalue weighted by Gasteiger charge is -2.22. The number of thioether (sulfide) groups is 1. The van der Waals surface area contributed by atoms with Crippen LogP contribution in [-0.2, 0) is 4.79 Å². The van der Waals surface area contributed by atoms with Crippen LogP contribution in [0.5, 0.6) is 0 Å². The molecule has 4 rings (SSSR count). The zero-order valence-electron chi connectivity index (χ0n) is 14.5. The van der Waals surface area contributed by atoms with Gasteiger partial charge in [0.05, 0.1) is 15.6 Å². The Kier molecular flexibility index (Phi) is 4.50. The van der Waals surface area contributed by atoms with Crippen molar-refractivity contribution in [2.45, 2.75) is 13.8 Å². The molecule has 2 aromatic rings. The SMILES string of the molecule is Cc1cc(/C=C2/C(=N)N3C=CSC3=NC2=O)c(C)n1-c1ccc(Cl)c(Cl)c1. The van der Waals surface area contributed by atoms with Gasteiger partial charge in [-0.3, -0.25) is 15.1 Å². The second kappa shape index (κ2) is 6.71. The summed E-state index contributed by atoms with van der Waals surface area (Å²) in [5, 5.41) is 11.6. The molecular formula is C19H14Cl2N4OS. The minimum Gasteiger partial charge on any atom is -0.318 e. The number of hydrogen-bond donors (Lipinski definition) is 1. The number of benzene rings is 1. The number of aromatic nitrogens is 1. The first-order valence-corrected chi connectivity index (χ1v) is 9.71. The molecule has 3 heterocycles. The Bertz CT molecular complexity index is 1100. The predicted molar refractivity (Wildman–Crippen MR) is 112 cm³/mol. The van der Waals surface area contributed by atoms with E-state index in [4.69, 9.17) is 28.6 Å². The van der Waals surface area contributed by atoms with E-state index >= 15 is 0 Å². The molecule has 0 fully saturated rings. The number of aliphatic imine (C=N–C) groups is 1. The van der Waals surface area contributed by atoms with Crippen molar-refractivity contribution < 1.29 is 4.79 Å². The molecule has 136 valence electrons. The number of fused-ring (bicyclic) bond motifs is 1. The summed E-state index contributed by atoms with van der Waals surface area (Å²) >= 11 is 13.5. The number of amides is 1. The lowest BCUT2D eigenvalue weighted by Crippen LogP contribution is -2.35. The zero-order chi connectivity index (χ0) is 19.3. The Labute approximate surface area is 170 Å². The van der Waals surface area contributed by atoms with Crippen LogP contribution in [0.4, 0.5) is 0 Å². The largest absolute Gasteiger partial charge is 0.318 e. The maximum Gasteiger partial charge on any atom is 0.283 e. The van der Waals surface area contributed by atoms with Crippen molar-refractivity contribution in [3.05, 3.63) is 68.4 Å². The van der Waals surface area contributed by atoms with Crippen LogP contribution in [0.15, 0.2) is 46.4 Å². The van der Waals surface area contributed by atoms with E-state index in [2.05, 4.69) is 4.99 Å². The van der Waals surface area contributed by atoms with Gasteiger partial charge in [-0.2, -0.15) is 4.99 Å². The summed E-state index contributed by atoms with van der Waals surface area (Å²) in [4.78, 5) is 18.1. The molecule has 0 unspecified atom stereocenters. The molecule has 1 N–H and O–H groups in total. The number of carbonyl (C=O) groups is 1. The Morgan fingerprint density at radius 1 is 1.19 bits per heavy atom. The summed E-state index contributed by atoms with van der Waals surface area (Å²) in [5.41, 5.74) is 3.91. The van der Waals surface area contributed by atoms with E-state index in [1.165, 1.54) is 11.8 Å². The highest BCUT2D eigenvalue weighted by atomic mass is 35.5. The van der Waals surface area contributed by atoms with Crippen molar-refractivity contribution >= 4 is 58.0 Å². The fourth-order valence-electron chi connectivity index (χ4n) is 3.14. The van der Waals surface area contributed by atoms with Crippen molar-refractivity contribution in [1.29, 1.82) is 5.41 Å². The highest BCUT2D eigenvalue weighted by Gasteiger charge is 2.31. The highest BCUT2D eigenvalue weighted by Crippen LogP contribution is 2.30. The van der Waals surface area contributed by atoms with Crippen molar-refractivity contribution in [2.24, 2.45) is 4.99 Å². The van der Waals surface area contributed by atoms with Gasteiger partial charge in [0, 0.05) is 23.3 Å². The molecule has 1 amide bonds. The van der Waals surface area contributed by atoms with E-state index in [0.717, 1.165) is 22.6 Å². The average Bonchev–Trinajstić information content (AvgIpc) is 3.19. The number of nitrogens with one attached hydrogen (secondary N) is 1. The molecule has 1 aromatic heterocycles. The highest BCUT2D eigenvalue weighted by molar-refractivity contribution is 8.16. The lowest BCUT2D eigenvalue weighted by molar-refractivity contribution is -0.114. The first-order valence-electron chi connectivity index (χ1n) is 8.07. The van der Waals surface area contributed by atoms with E-state index < -0.39 is 5.91 Å². The maximum atomic E-state index is 12.4. The average molecular weight is 417 g/mol. The molecule has 8 heteroatoms. The fraction of sp³-hybridized carbons (Fsp3) is 0.105. The van der Waals surface area contributed by atoms with Gasteiger partial charge in [0.15, 0.2) is 5.17 Å². The zero-order valence-corrected chi connectivity index (χ0v) is 16.8. The van der Waals surface area contributed by atoms with Crippen molar-refractivity contribution in [2.75, 3.05) is 0 Å². The summed E-state index contributed by atoms with van der Waals surface area (Å²) in [6.07, 6.45) is 3.46. The van der Waals surface area contributed by atoms with Gasteiger partial charge in [-0.05, 0) is 55.2 Å². The number of carbonyl (C=O) groups excluding carboxylic acids is 1. The van der Waals surface area contributed by atoms with Gasteiger partial charge in [-0.15, -0.1) is 0 Å². The summed E-state index contributed by atoms with van der Waals surface area (Å²) < 4.78 is 2.03. The lowest BCUT2D eigenvalue weighted by atomic mass is 10.1. The van der Waals surface area contributed by atoms with Crippen LogP contribution in [0.3, 0.4) is 0 Å². The van der Waals surface area contributed by atoms with Crippen LogP contribution in [0.2, 0.25) is 10.0 Å². The van der Waals surface area contributed by atoms with E-state index in [9.17, 15) is 4.79 Å². The minimum absolute atomic E-state index is 0.130. The molecule has 0 spiro atoms. The number of amidine groups is 2. The number of halogens is 2. The Morgan fingerprint density at radius 2 is 1.96 bits per heavy atom. The minimum atomic E-state index is -0.401. The predicted octanol–water partition coefficient (Wildman–Crippen LogP) is 5.18. The Morgan fingerprint density at radius 3 is 2.70 bits per heavy atom. The smallest absolute Gasteiger partial charge is 0.283 e. The normalized spacial score (nSPS) is 17.7. The third-order valence-corrected chi connectivity index (χ3v) is 5.94. The molecule has 2 aliphatic rings. The van der Waals surface area contributed by atoms with Gasteiger partial charge < -0.3 is 4.57 Å². The quantitative estimate of drug-likeness (QED) is 0.686. The maximum absolute atomic E-state index is 12.4. The first-order chi connectivity index (χ1) is 12.9. The molecule has 1 aromatic carbocycles. The summed E-state index contributed by atoms with van der Waals surface area (Å²) in [7, 11) is 0. The molecule has 27 heavy (non-hydrogen) atoms. The molecule has 0 bridgehead atoms. The van der Waals surface area contributed by atoms with E-state index in [-0.39, 0.29) is 11.4 Å². The van der Waals surface area contributed by atoms with Crippen LogP contribution < -0.4 is 0 Å². The second-order valence-electron chi connectivity index (χ2n) is 6.14. The molecule has 0 saturated heterocycles. The van der Waals surface area contributed by atoms with E-state index in [1.807, 2.05) is 30.5 Å². The first kappa shape index (κ1) is 18.1.